The van der Waals surface area contributed by atoms with E-state index in [4.69, 9.17) is 27.9 Å². The molecule has 2 aromatic carbocycles. The zero-order valence-electron chi connectivity index (χ0n) is 17.7. The quantitative estimate of drug-likeness (QED) is 0.485. The van der Waals surface area contributed by atoms with Crippen LogP contribution >= 0.6 is 23.2 Å². The van der Waals surface area contributed by atoms with Gasteiger partial charge in [0.05, 0.1) is 10.0 Å². The van der Waals surface area contributed by atoms with Crippen LogP contribution in [0.15, 0.2) is 42.5 Å². The average molecular weight is 444 g/mol. The van der Waals surface area contributed by atoms with Gasteiger partial charge in [0.2, 0.25) is 0 Å². The lowest BCUT2D eigenvalue weighted by molar-refractivity contribution is -0.0706. The molecule has 0 amide bonds. The van der Waals surface area contributed by atoms with E-state index < -0.39 is 0 Å². The largest absolute Gasteiger partial charge is 0.486 e. The molecule has 160 valence electrons. The highest BCUT2D eigenvalue weighted by atomic mass is 35.5. The number of nitrogens with one attached hydrogen (secondary N) is 1. The van der Waals surface area contributed by atoms with Gasteiger partial charge in [-0.15, -0.1) is 0 Å². The molecule has 0 spiro atoms. The van der Waals surface area contributed by atoms with Crippen molar-refractivity contribution in [2.24, 2.45) is 23.2 Å². The summed E-state index contributed by atoms with van der Waals surface area (Å²) in [5.74, 6) is 3.50. The first-order valence-electron chi connectivity index (χ1n) is 11.4. The third kappa shape index (κ3) is 4.11. The van der Waals surface area contributed by atoms with Gasteiger partial charge in [-0.25, -0.2) is 0 Å². The number of halogens is 2. The van der Waals surface area contributed by atoms with E-state index in [1.807, 2.05) is 42.5 Å². The predicted octanol–water partition coefficient (Wildman–Crippen LogP) is 7.27. The molecule has 0 aliphatic heterocycles. The lowest BCUT2D eigenvalue weighted by Gasteiger charge is -2.59. The first-order chi connectivity index (χ1) is 14.5. The Morgan fingerprint density at radius 1 is 0.933 bits per heavy atom. The van der Waals surface area contributed by atoms with Crippen LogP contribution in [0.2, 0.25) is 10.0 Å². The SMILES string of the molecule is CC(NCc1cc(Cl)c(OCc2ccccc2)c(Cl)c1)C12CC3CC(CC(C3)C1)C2. The Balaban J connectivity index is 1.22. The minimum Gasteiger partial charge on any atom is -0.486 e. The van der Waals surface area contributed by atoms with E-state index in [1.54, 1.807) is 0 Å². The van der Waals surface area contributed by atoms with Gasteiger partial charge in [0, 0.05) is 12.6 Å². The summed E-state index contributed by atoms with van der Waals surface area (Å²) in [7, 11) is 0. The summed E-state index contributed by atoms with van der Waals surface area (Å²) in [6.45, 7) is 3.65. The summed E-state index contributed by atoms with van der Waals surface area (Å²) in [6, 6.07) is 14.6. The second-order valence-corrected chi connectivity index (χ2v) is 10.9. The minimum absolute atomic E-state index is 0.459. The Kier molecular flexibility index (Phi) is 5.77. The molecule has 6 rings (SSSR count). The third-order valence-electron chi connectivity index (χ3n) is 7.90. The van der Waals surface area contributed by atoms with Crippen molar-refractivity contribution in [1.82, 2.24) is 5.32 Å². The van der Waals surface area contributed by atoms with Crippen LogP contribution in [0.1, 0.15) is 56.6 Å². The molecule has 0 radical (unpaired) electrons. The molecular formula is C26H31Cl2NO. The van der Waals surface area contributed by atoms with E-state index in [2.05, 4.69) is 12.2 Å². The van der Waals surface area contributed by atoms with Gasteiger partial charge in [-0.3, -0.25) is 0 Å². The van der Waals surface area contributed by atoms with Crippen LogP contribution in [0.3, 0.4) is 0 Å². The summed E-state index contributed by atoms with van der Waals surface area (Å²) in [6.07, 6.45) is 8.72. The molecule has 1 atom stereocenters. The summed E-state index contributed by atoms with van der Waals surface area (Å²) in [5, 5.41) is 4.99. The second-order valence-electron chi connectivity index (χ2n) is 10.0. The molecule has 4 aliphatic carbocycles. The summed E-state index contributed by atoms with van der Waals surface area (Å²) < 4.78 is 5.91. The monoisotopic (exact) mass is 443 g/mol. The van der Waals surface area contributed by atoms with Crippen molar-refractivity contribution in [3.63, 3.8) is 0 Å². The molecule has 1 unspecified atom stereocenters. The molecule has 4 aliphatic rings. The lowest BCUT2D eigenvalue weighted by Crippen LogP contribution is -2.54. The fourth-order valence-corrected chi connectivity index (χ4v) is 7.42. The van der Waals surface area contributed by atoms with Gasteiger partial charge in [0.15, 0.2) is 5.75 Å². The molecule has 4 saturated carbocycles. The molecule has 4 heteroatoms. The first-order valence-corrected chi connectivity index (χ1v) is 12.1. The number of benzene rings is 2. The maximum absolute atomic E-state index is 6.54. The van der Waals surface area contributed by atoms with E-state index in [9.17, 15) is 0 Å². The van der Waals surface area contributed by atoms with Gasteiger partial charge >= 0.3 is 0 Å². The molecule has 2 nitrogen and oxygen atoms in total. The molecule has 30 heavy (non-hydrogen) atoms. The number of ether oxygens (including phenoxy) is 1. The van der Waals surface area contributed by atoms with E-state index in [0.717, 1.165) is 35.4 Å². The van der Waals surface area contributed by atoms with Gasteiger partial charge in [-0.2, -0.15) is 0 Å². The normalized spacial score (nSPS) is 30.4. The van der Waals surface area contributed by atoms with E-state index in [1.165, 1.54) is 38.5 Å². The van der Waals surface area contributed by atoms with Gasteiger partial charge in [-0.1, -0.05) is 53.5 Å². The van der Waals surface area contributed by atoms with E-state index in [0.29, 0.717) is 33.9 Å². The first kappa shape index (κ1) is 20.7. The fourth-order valence-electron chi connectivity index (χ4n) is 6.78. The van der Waals surface area contributed by atoms with Crippen molar-refractivity contribution in [2.75, 3.05) is 0 Å². The van der Waals surface area contributed by atoms with Gasteiger partial charge in [0.25, 0.3) is 0 Å². The molecule has 0 aromatic heterocycles. The van der Waals surface area contributed by atoms with Crippen molar-refractivity contribution in [3.8, 4) is 5.75 Å². The number of rotatable bonds is 7. The molecule has 4 bridgehead atoms. The van der Waals surface area contributed by atoms with Crippen molar-refractivity contribution >= 4 is 23.2 Å². The highest BCUT2D eigenvalue weighted by Crippen LogP contribution is 2.61. The summed E-state index contributed by atoms with van der Waals surface area (Å²) >= 11 is 13.1. The Bertz CT molecular complexity index is 839. The van der Waals surface area contributed by atoms with Gasteiger partial charge < -0.3 is 10.1 Å². The van der Waals surface area contributed by atoms with Crippen LogP contribution in [-0.2, 0) is 13.2 Å². The van der Waals surface area contributed by atoms with Crippen LogP contribution in [0.4, 0.5) is 0 Å². The van der Waals surface area contributed by atoms with Gasteiger partial charge in [-0.05, 0) is 91.9 Å². The Labute approximate surface area is 190 Å². The van der Waals surface area contributed by atoms with Crippen LogP contribution in [0.5, 0.6) is 5.75 Å². The lowest BCUT2D eigenvalue weighted by atomic mass is 9.48. The van der Waals surface area contributed by atoms with Crippen molar-refractivity contribution in [1.29, 1.82) is 0 Å². The molecule has 1 N–H and O–H groups in total. The predicted molar refractivity (Wildman–Crippen MR) is 124 cm³/mol. The molecule has 0 saturated heterocycles. The van der Waals surface area contributed by atoms with Crippen LogP contribution in [-0.4, -0.2) is 6.04 Å². The number of hydrogen-bond donors (Lipinski definition) is 1. The third-order valence-corrected chi connectivity index (χ3v) is 8.46. The zero-order valence-corrected chi connectivity index (χ0v) is 19.2. The second kappa shape index (κ2) is 8.37. The summed E-state index contributed by atoms with van der Waals surface area (Å²) in [5.41, 5.74) is 2.72. The Morgan fingerprint density at radius 3 is 2.07 bits per heavy atom. The van der Waals surface area contributed by atoms with E-state index >= 15 is 0 Å². The van der Waals surface area contributed by atoms with Crippen molar-refractivity contribution in [3.05, 3.63) is 63.6 Å². The zero-order chi connectivity index (χ0) is 20.7. The van der Waals surface area contributed by atoms with Crippen molar-refractivity contribution in [2.45, 2.75) is 64.6 Å². The molecule has 4 fully saturated rings. The molecule has 0 heterocycles. The summed E-state index contributed by atoms with van der Waals surface area (Å²) in [4.78, 5) is 0. The van der Waals surface area contributed by atoms with Crippen LogP contribution in [0, 0.1) is 23.2 Å². The maximum atomic E-state index is 6.54. The van der Waals surface area contributed by atoms with Crippen LogP contribution < -0.4 is 10.1 Å². The molecular weight excluding hydrogens is 413 g/mol. The topological polar surface area (TPSA) is 21.3 Å². The standard InChI is InChI=1S/C26H31Cl2NO/c1-17(26-12-19-7-20(13-26)9-21(8-19)14-26)29-15-22-10-23(27)25(24(28)11-22)30-16-18-5-3-2-4-6-18/h2-6,10-11,17,19-21,29H,7-9,12-16H2,1H3. The molecule has 2 aromatic rings. The van der Waals surface area contributed by atoms with Crippen molar-refractivity contribution < 1.29 is 4.74 Å². The average Bonchev–Trinajstić information content (AvgIpc) is 2.71. The van der Waals surface area contributed by atoms with E-state index in [-0.39, 0.29) is 0 Å². The smallest absolute Gasteiger partial charge is 0.156 e. The minimum atomic E-state index is 0.459. The Hall–Kier alpha value is -1.22. The maximum Gasteiger partial charge on any atom is 0.156 e. The fraction of sp³-hybridized carbons (Fsp3) is 0.538. The highest BCUT2D eigenvalue weighted by Gasteiger charge is 2.52. The number of hydrogen-bond acceptors (Lipinski definition) is 2. The van der Waals surface area contributed by atoms with Crippen LogP contribution in [0.25, 0.3) is 0 Å². The van der Waals surface area contributed by atoms with Gasteiger partial charge in [0.1, 0.15) is 6.61 Å². The highest BCUT2D eigenvalue weighted by molar-refractivity contribution is 6.37. The Morgan fingerprint density at radius 2 is 1.50 bits per heavy atom.